The average molecular weight is 354 g/mol. The molecule has 1 atom stereocenters. The topological polar surface area (TPSA) is 63.9 Å². The van der Waals surface area contributed by atoms with Gasteiger partial charge in [-0.1, -0.05) is 41.9 Å². The van der Waals surface area contributed by atoms with Crippen LogP contribution in [0.4, 0.5) is 5.69 Å². The zero-order valence-corrected chi connectivity index (χ0v) is 14.4. The summed E-state index contributed by atoms with van der Waals surface area (Å²) in [7, 11) is 0. The van der Waals surface area contributed by atoms with Gasteiger partial charge >= 0.3 is 0 Å². The summed E-state index contributed by atoms with van der Waals surface area (Å²) in [5.41, 5.74) is 2.85. The zero-order chi connectivity index (χ0) is 17.4. The molecule has 3 aromatic rings. The molecule has 0 bridgehead atoms. The molecule has 0 aliphatic carbocycles. The van der Waals surface area contributed by atoms with Crippen LogP contribution >= 0.6 is 11.6 Å². The summed E-state index contributed by atoms with van der Waals surface area (Å²) < 4.78 is 0. The van der Waals surface area contributed by atoms with Crippen molar-refractivity contribution in [2.24, 2.45) is 0 Å². The Balaban J connectivity index is 1.56. The quantitative estimate of drug-likeness (QED) is 0.726. The summed E-state index contributed by atoms with van der Waals surface area (Å²) in [5.74, 6) is 0.355. The lowest BCUT2D eigenvalue weighted by atomic mass is 10.1. The van der Waals surface area contributed by atoms with Crippen LogP contribution in [0.1, 0.15) is 12.5 Å². The fourth-order valence-electron chi connectivity index (χ4n) is 3.20. The number of anilines is 1. The summed E-state index contributed by atoms with van der Waals surface area (Å²) in [6, 6.07) is 15.4. The predicted octanol–water partition coefficient (Wildman–Crippen LogP) is 2.97. The van der Waals surface area contributed by atoms with Crippen LogP contribution in [0.15, 0.2) is 48.5 Å². The van der Waals surface area contributed by atoms with Gasteiger partial charge in [-0.25, -0.2) is 0 Å². The van der Waals surface area contributed by atoms with Gasteiger partial charge in [-0.2, -0.15) is 4.80 Å². The largest absolute Gasteiger partial charge is 0.307 e. The number of hydrogen-bond acceptors (Lipinski definition) is 4. The monoisotopic (exact) mass is 353 g/mol. The van der Waals surface area contributed by atoms with E-state index in [1.165, 1.54) is 10.4 Å². The number of amides is 1. The Morgan fingerprint density at radius 1 is 1.20 bits per heavy atom. The Morgan fingerprint density at radius 2 is 1.96 bits per heavy atom. The van der Waals surface area contributed by atoms with Crippen molar-refractivity contribution in [2.45, 2.75) is 25.9 Å². The Labute approximate surface area is 150 Å². The molecule has 25 heavy (non-hydrogen) atoms. The van der Waals surface area contributed by atoms with Gasteiger partial charge in [0, 0.05) is 17.3 Å². The summed E-state index contributed by atoms with van der Waals surface area (Å²) in [6.07, 6.45) is 0.859. The van der Waals surface area contributed by atoms with E-state index >= 15 is 0 Å². The molecule has 0 saturated carbocycles. The predicted molar refractivity (Wildman–Crippen MR) is 95.4 cm³/mol. The molecule has 1 aliphatic rings. The number of aromatic nitrogens is 4. The third kappa shape index (κ3) is 2.89. The van der Waals surface area contributed by atoms with Crippen LogP contribution in [0.5, 0.6) is 0 Å². The van der Waals surface area contributed by atoms with Crippen LogP contribution < -0.4 is 4.90 Å². The number of fused-ring (bicyclic) bond motifs is 1. The lowest BCUT2D eigenvalue weighted by Gasteiger charge is -2.22. The minimum absolute atomic E-state index is 0.0378. The molecule has 0 radical (unpaired) electrons. The number of hydrogen-bond donors (Lipinski definition) is 0. The normalized spacial score (nSPS) is 16.1. The Kier molecular flexibility index (Phi) is 3.97. The lowest BCUT2D eigenvalue weighted by Crippen LogP contribution is -2.38. The van der Waals surface area contributed by atoms with Gasteiger partial charge in [-0.3, -0.25) is 4.79 Å². The molecular formula is C18H16ClN5O. The average Bonchev–Trinajstić information content (AvgIpc) is 3.18. The van der Waals surface area contributed by atoms with E-state index in [9.17, 15) is 4.79 Å². The highest BCUT2D eigenvalue weighted by molar-refractivity contribution is 6.33. The Morgan fingerprint density at radius 3 is 2.80 bits per heavy atom. The molecule has 1 aromatic heterocycles. The van der Waals surface area contributed by atoms with Gasteiger partial charge < -0.3 is 4.90 Å². The Hall–Kier alpha value is -2.73. The standard InChI is InChI=1S/C18H16ClN5O/c1-12-10-13-6-2-5-9-16(13)24(12)17(25)11-23-21-18(20-22-23)14-7-3-4-8-15(14)19/h2-9,12H,10-11H2,1H3/t12-/m0/s1. The first kappa shape index (κ1) is 15.8. The highest BCUT2D eigenvalue weighted by atomic mass is 35.5. The van der Waals surface area contributed by atoms with Crippen LogP contribution in [0, 0.1) is 0 Å². The molecule has 2 aromatic carbocycles. The molecule has 1 amide bonds. The number of benzene rings is 2. The van der Waals surface area contributed by atoms with Crippen molar-refractivity contribution in [3.63, 3.8) is 0 Å². The van der Waals surface area contributed by atoms with E-state index in [1.54, 1.807) is 6.07 Å². The molecule has 0 fully saturated rings. The van der Waals surface area contributed by atoms with E-state index in [-0.39, 0.29) is 18.5 Å². The van der Waals surface area contributed by atoms with Crippen molar-refractivity contribution in [3.8, 4) is 11.4 Å². The maximum absolute atomic E-state index is 12.8. The van der Waals surface area contributed by atoms with Gasteiger partial charge in [0.25, 0.3) is 5.91 Å². The first-order valence-electron chi connectivity index (χ1n) is 8.06. The Bertz CT molecular complexity index is 938. The van der Waals surface area contributed by atoms with Crippen molar-refractivity contribution < 1.29 is 4.79 Å². The molecule has 0 N–H and O–H groups in total. The molecule has 0 unspecified atom stereocenters. The fraction of sp³-hybridized carbons (Fsp3) is 0.222. The van der Waals surface area contributed by atoms with Crippen LogP contribution in [0.3, 0.4) is 0 Å². The van der Waals surface area contributed by atoms with E-state index in [4.69, 9.17) is 11.6 Å². The first-order valence-corrected chi connectivity index (χ1v) is 8.44. The molecular weight excluding hydrogens is 338 g/mol. The molecule has 7 heteroatoms. The van der Waals surface area contributed by atoms with Crippen molar-refractivity contribution in [3.05, 3.63) is 59.1 Å². The fourth-order valence-corrected chi connectivity index (χ4v) is 3.42. The van der Waals surface area contributed by atoms with Crippen molar-refractivity contribution >= 4 is 23.2 Å². The van der Waals surface area contributed by atoms with E-state index in [0.29, 0.717) is 16.4 Å². The molecule has 0 saturated heterocycles. The van der Waals surface area contributed by atoms with Crippen LogP contribution in [0.25, 0.3) is 11.4 Å². The molecule has 2 heterocycles. The maximum Gasteiger partial charge on any atom is 0.250 e. The smallest absolute Gasteiger partial charge is 0.250 e. The second-order valence-electron chi connectivity index (χ2n) is 6.07. The summed E-state index contributed by atoms with van der Waals surface area (Å²) >= 11 is 6.16. The maximum atomic E-state index is 12.8. The molecule has 1 aliphatic heterocycles. The van der Waals surface area contributed by atoms with Gasteiger partial charge in [-0.05, 0) is 42.3 Å². The minimum atomic E-state index is -0.0550. The van der Waals surface area contributed by atoms with Gasteiger partial charge in [0.2, 0.25) is 5.82 Å². The summed E-state index contributed by atoms with van der Waals surface area (Å²) in [6.45, 7) is 2.08. The summed E-state index contributed by atoms with van der Waals surface area (Å²) in [5, 5.41) is 12.9. The highest BCUT2D eigenvalue weighted by Crippen LogP contribution is 2.32. The summed E-state index contributed by atoms with van der Waals surface area (Å²) in [4.78, 5) is 15.9. The van der Waals surface area contributed by atoms with Gasteiger partial charge in [0.05, 0.1) is 5.02 Å². The molecule has 4 rings (SSSR count). The first-order chi connectivity index (χ1) is 12.1. The number of tetrazole rings is 1. The van der Waals surface area contributed by atoms with Crippen LogP contribution in [-0.2, 0) is 17.8 Å². The van der Waals surface area contributed by atoms with Crippen molar-refractivity contribution in [1.82, 2.24) is 20.2 Å². The molecule has 126 valence electrons. The number of nitrogens with zero attached hydrogens (tertiary/aromatic N) is 5. The highest BCUT2D eigenvalue weighted by Gasteiger charge is 2.30. The van der Waals surface area contributed by atoms with Gasteiger partial charge in [0.1, 0.15) is 6.54 Å². The zero-order valence-electron chi connectivity index (χ0n) is 13.6. The van der Waals surface area contributed by atoms with E-state index in [0.717, 1.165) is 12.1 Å². The third-order valence-electron chi connectivity index (χ3n) is 4.32. The van der Waals surface area contributed by atoms with Crippen LogP contribution in [0.2, 0.25) is 5.02 Å². The number of para-hydroxylation sites is 1. The molecule has 0 spiro atoms. The van der Waals surface area contributed by atoms with Crippen molar-refractivity contribution in [2.75, 3.05) is 4.90 Å². The number of carbonyl (C=O) groups is 1. The third-order valence-corrected chi connectivity index (χ3v) is 4.65. The SMILES string of the molecule is C[C@H]1Cc2ccccc2N1C(=O)Cn1nnc(-c2ccccc2Cl)n1. The van der Waals surface area contributed by atoms with Gasteiger partial charge in [-0.15, -0.1) is 10.2 Å². The second-order valence-corrected chi connectivity index (χ2v) is 6.48. The van der Waals surface area contributed by atoms with E-state index in [1.807, 2.05) is 48.2 Å². The van der Waals surface area contributed by atoms with E-state index < -0.39 is 0 Å². The number of halogens is 1. The number of carbonyl (C=O) groups excluding carboxylic acids is 1. The van der Waals surface area contributed by atoms with Crippen LogP contribution in [-0.4, -0.2) is 32.2 Å². The number of rotatable bonds is 3. The minimum Gasteiger partial charge on any atom is -0.307 e. The lowest BCUT2D eigenvalue weighted by molar-refractivity contribution is -0.119. The second kappa shape index (κ2) is 6.29. The van der Waals surface area contributed by atoms with E-state index in [2.05, 4.69) is 21.5 Å². The van der Waals surface area contributed by atoms with Gasteiger partial charge in [0.15, 0.2) is 0 Å². The molecule has 6 nitrogen and oxygen atoms in total. The van der Waals surface area contributed by atoms with Crippen molar-refractivity contribution in [1.29, 1.82) is 0 Å².